The van der Waals surface area contributed by atoms with Gasteiger partial charge in [0.15, 0.2) is 0 Å². The van der Waals surface area contributed by atoms with Gasteiger partial charge in [-0.25, -0.2) is 13.7 Å². The molecule has 12 aliphatic rings. The molecule has 12 nitrogen and oxygen atoms in total. The molecule has 0 amide bonds. The van der Waals surface area contributed by atoms with Crippen LogP contribution < -0.4 is 41.8 Å². The second-order valence-corrected chi connectivity index (χ2v) is 45.0. The average molecular weight is 1480 g/mol. The molecule has 0 saturated heterocycles. The summed E-state index contributed by atoms with van der Waals surface area (Å²) in [6.45, 7) is 77.0. The predicted molar refractivity (Wildman–Crippen MR) is 424 cm³/mol. The van der Waals surface area contributed by atoms with Gasteiger partial charge in [-0.15, -0.1) is 0 Å². The fourth-order valence-corrected chi connectivity index (χ4v) is 18.6. The van der Waals surface area contributed by atoms with E-state index in [0.29, 0.717) is 34.5 Å². The van der Waals surface area contributed by atoms with Gasteiger partial charge in [-0.1, -0.05) is 286 Å². The van der Waals surface area contributed by atoms with Crippen molar-refractivity contribution >= 4 is 40.8 Å². The van der Waals surface area contributed by atoms with Crippen LogP contribution in [0.5, 0.6) is 34.5 Å². The Morgan fingerprint density at radius 2 is 0.301 bits per heavy atom. The second kappa shape index (κ2) is 28.3. The Hall–Kier alpha value is -4.78. The van der Waals surface area contributed by atoms with E-state index in [0.717, 1.165) is 86.0 Å². The van der Waals surface area contributed by atoms with Gasteiger partial charge in [0.25, 0.3) is 0 Å². The van der Waals surface area contributed by atoms with Crippen LogP contribution >= 0.6 is 23.5 Å². The zero-order valence-corrected chi connectivity index (χ0v) is 73.7. The van der Waals surface area contributed by atoms with Crippen LogP contribution in [0.4, 0.5) is 0 Å². The summed E-state index contributed by atoms with van der Waals surface area (Å²) in [5, 5.41) is 0. The molecule has 564 valence electrons. The Kier molecular flexibility index (Phi) is 24.0. The first kappa shape index (κ1) is 87.1. The van der Waals surface area contributed by atoms with E-state index >= 15 is 0 Å². The molecular weight excluding hydrogens is 1360 g/mol. The second-order valence-electron chi connectivity index (χ2n) is 41.3. The van der Waals surface area contributed by atoms with E-state index in [2.05, 4.69) is 249 Å². The summed E-state index contributed by atoms with van der Waals surface area (Å²) in [5.74, 6) is 2.10. The number of rotatable bonds is 0. The van der Waals surface area contributed by atoms with Crippen LogP contribution in [0.15, 0.2) is 72.8 Å². The van der Waals surface area contributed by atoms with E-state index in [4.69, 9.17) is 27.1 Å². The predicted octanol–water partition coefficient (Wildman–Crippen LogP) is 22.7. The van der Waals surface area contributed by atoms with E-state index in [-0.39, 0.29) is 82.3 Å². The quantitative estimate of drug-likeness (QED) is 0.104. The first-order valence-electron chi connectivity index (χ1n) is 36.5. The minimum absolute atomic E-state index is 0. The van der Waals surface area contributed by atoms with Crippen LogP contribution in [0.2, 0.25) is 0 Å². The molecule has 6 aromatic rings. The van der Waals surface area contributed by atoms with Gasteiger partial charge < -0.3 is 41.8 Å². The molecule has 0 radical (unpaired) electrons. The fourth-order valence-electron chi connectivity index (χ4n) is 16.1. The van der Waals surface area contributed by atoms with Crippen molar-refractivity contribution in [3.63, 3.8) is 0 Å². The molecule has 0 fully saturated rings. The monoisotopic (exact) mass is 1480 g/mol. The molecule has 103 heavy (non-hydrogen) atoms. The van der Waals surface area contributed by atoms with Crippen molar-refractivity contribution < 1.29 is 55.5 Å². The smallest absolute Gasteiger partial charge is 0.736 e. The van der Waals surface area contributed by atoms with Crippen LogP contribution in [0.3, 0.4) is 0 Å². The minimum Gasteiger partial charge on any atom is -0.736 e. The van der Waals surface area contributed by atoms with Gasteiger partial charge in [0.05, 0.1) is 0 Å². The fraction of sp³-hybridized carbons (Fsp3) is 0.586. The molecule has 12 bridgehead atoms. The van der Waals surface area contributed by atoms with Crippen molar-refractivity contribution in [2.45, 2.75) is 333 Å². The molecule has 0 N–H and O–H groups in total. The van der Waals surface area contributed by atoms with Crippen molar-refractivity contribution in [3.8, 4) is 34.5 Å². The Bertz CT molecular complexity index is 3630. The molecule has 0 atom stereocenters. The zero-order valence-electron chi connectivity index (χ0n) is 69.9. The third-order valence-corrected chi connectivity index (χ3v) is 21.4. The maximum Gasteiger partial charge on any atom is 3.00 e. The normalized spacial score (nSPS) is 16.3. The summed E-state index contributed by atoms with van der Waals surface area (Å²) in [5.41, 5.74) is 16.2. The van der Waals surface area contributed by atoms with Crippen LogP contribution in [0, 0.1) is 0 Å². The topological polar surface area (TPSA) is 176 Å². The first-order chi connectivity index (χ1) is 45.4. The number of benzene rings is 6. The molecule has 0 unspecified atom stereocenters. The molecule has 18 rings (SSSR count). The SMILES string of the molecule is CC(C)(C)c1c2ccc(c1C(C)(C)C)OP(=O)([O-])Oc1ccc(c(C(C)(C)C)c1C(C)(C)C)C2.CC(C)(C)c1c2ccc(c1C(C)(C)C)OP(=O)([O-])Oc1ccc(c(C(C)(C)C)c1C(C)(C)C)C2.CC(C)(C)c1c2ccc(c1C(C)(C)C)OP(=O)([O-])Oc1ccc(c(C(C)(C)C)c1C(C)(C)C)C2.[Al+3]. The number of phosphoric ester groups is 3. The van der Waals surface area contributed by atoms with Crippen LogP contribution in [-0.2, 0) is 97.9 Å². The Morgan fingerprint density at radius 3 is 0.388 bits per heavy atom. The van der Waals surface area contributed by atoms with Gasteiger partial charge in [0, 0.05) is 33.4 Å². The molecule has 0 saturated carbocycles. The largest absolute Gasteiger partial charge is 3.00 e. The third-order valence-electron chi connectivity index (χ3n) is 18.9. The molecule has 16 heteroatoms. The van der Waals surface area contributed by atoms with Gasteiger partial charge in [-0.2, -0.15) is 0 Å². The van der Waals surface area contributed by atoms with E-state index in [1.807, 2.05) is 36.4 Å². The number of phosphoric acid groups is 3. The molecule has 0 aliphatic carbocycles. The first-order valence-corrected chi connectivity index (χ1v) is 40.9. The summed E-state index contributed by atoms with van der Waals surface area (Å²) in [6, 6.07) is 23.0. The van der Waals surface area contributed by atoms with Crippen molar-refractivity contribution in [3.05, 3.63) is 173 Å². The molecular formula is C87H126AlO12P3. The van der Waals surface area contributed by atoms with Gasteiger partial charge in [0.1, 0.15) is 34.5 Å². The summed E-state index contributed by atoms with van der Waals surface area (Å²) in [7, 11) is -14.2. The standard InChI is InChI=1S/3C29H43O4P.Al/c3*1-26(2,3)22-18-13-15-20(24(22)28(7,8)9)32-34(30,31)33-21-16-14-19(17-18)23(27(4,5)6)25(21)29(10,11)12;/h3*13-16H,17H2,1-12H3,(H,30,31);/q;;;+3/p-3. The van der Waals surface area contributed by atoms with Crippen molar-refractivity contribution in [2.24, 2.45) is 0 Å². The molecule has 12 aliphatic heterocycles. The Balaban J connectivity index is 0.000000241. The van der Waals surface area contributed by atoms with Crippen molar-refractivity contribution in [2.75, 3.05) is 0 Å². The zero-order chi connectivity index (χ0) is 78.2. The van der Waals surface area contributed by atoms with E-state index in [1.54, 1.807) is 36.4 Å². The van der Waals surface area contributed by atoms with Gasteiger partial charge in [-0.3, -0.25) is 0 Å². The Morgan fingerprint density at radius 1 is 0.204 bits per heavy atom. The molecule has 0 spiro atoms. The third kappa shape index (κ3) is 19.8. The van der Waals surface area contributed by atoms with Crippen LogP contribution in [0.1, 0.15) is 349 Å². The van der Waals surface area contributed by atoms with Crippen molar-refractivity contribution in [1.82, 2.24) is 0 Å². The summed E-state index contributed by atoms with van der Waals surface area (Å²) in [6.07, 6.45) is 2.25. The number of hydrogen-bond acceptors (Lipinski definition) is 12. The molecule has 0 aromatic heterocycles. The maximum atomic E-state index is 13.3. The average Bonchev–Trinajstić information content (AvgIpc) is 0.746. The summed E-state index contributed by atoms with van der Waals surface area (Å²) < 4.78 is 74.5. The molecule has 6 aromatic carbocycles. The minimum atomic E-state index is -4.72. The van der Waals surface area contributed by atoms with E-state index in [1.165, 1.54) is 33.4 Å². The van der Waals surface area contributed by atoms with E-state index < -0.39 is 23.5 Å². The van der Waals surface area contributed by atoms with Gasteiger partial charge in [-0.05, 0) is 187 Å². The van der Waals surface area contributed by atoms with Crippen LogP contribution in [-0.4, -0.2) is 17.4 Å². The summed E-state index contributed by atoms with van der Waals surface area (Å²) in [4.78, 5) is 40.0. The number of hydrogen-bond donors (Lipinski definition) is 0. The van der Waals surface area contributed by atoms with Gasteiger partial charge >= 0.3 is 40.8 Å². The van der Waals surface area contributed by atoms with E-state index in [9.17, 15) is 28.4 Å². The van der Waals surface area contributed by atoms with Crippen LogP contribution in [0.25, 0.3) is 0 Å². The van der Waals surface area contributed by atoms with Crippen molar-refractivity contribution in [1.29, 1.82) is 0 Å². The molecule has 12 heterocycles. The van der Waals surface area contributed by atoms with Gasteiger partial charge in [0.2, 0.25) is 0 Å². The maximum absolute atomic E-state index is 13.3. The Labute approximate surface area is 633 Å². The summed E-state index contributed by atoms with van der Waals surface area (Å²) >= 11 is 0.